The number of hydrogen-bond donors (Lipinski definition) is 0. The molecule has 4 heteroatoms. The molecule has 0 atom stereocenters. The van der Waals surface area contributed by atoms with Gasteiger partial charge in [-0.25, -0.2) is 4.79 Å². The largest absolute Gasteiger partial charge is 0.423 e. The zero-order valence-electron chi connectivity index (χ0n) is 17.5. The smallest absolute Gasteiger partial charge is 0.343 e. The Hall–Kier alpha value is -3.66. The van der Waals surface area contributed by atoms with Crippen molar-refractivity contribution < 1.29 is 14.3 Å². The van der Waals surface area contributed by atoms with Gasteiger partial charge in [-0.3, -0.25) is 4.79 Å². The molecule has 0 fully saturated rings. The number of nitrogens with zero attached hydrogens (tertiary/aromatic N) is 1. The second-order valence-electron chi connectivity index (χ2n) is 7.58. The summed E-state index contributed by atoms with van der Waals surface area (Å²) in [5.41, 5.74) is 6.25. The highest BCUT2D eigenvalue weighted by Crippen LogP contribution is 2.33. The molecule has 0 radical (unpaired) electrons. The molecule has 3 aromatic carbocycles. The van der Waals surface area contributed by atoms with Crippen LogP contribution >= 0.6 is 0 Å². The van der Waals surface area contributed by atoms with Gasteiger partial charge in [-0.05, 0) is 69.7 Å². The van der Waals surface area contributed by atoms with Gasteiger partial charge in [0.05, 0.1) is 11.1 Å². The van der Waals surface area contributed by atoms with Crippen molar-refractivity contribution >= 4 is 22.7 Å². The number of aromatic nitrogens is 1. The molecule has 1 heterocycles. The van der Waals surface area contributed by atoms with Crippen molar-refractivity contribution in [2.24, 2.45) is 0 Å². The van der Waals surface area contributed by atoms with Gasteiger partial charge in [0.15, 0.2) is 5.78 Å². The van der Waals surface area contributed by atoms with Crippen LogP contribution in [0.3, 0.4) is 0 Å². The molecule has 0 bridgehead atoms. The topological polar surface area (TPSA) is 48.3 Å². The maximum absolute atomic E-state index is 12.5. The third-order valence-corrected chi connectivity index (χ3v) is 5.34. The maximum Gasteiger partial charge on any atom is 0.343 e. The van der Waals surface area contributed by atoms with E-state index in [2.05, 4.69) is 36.6 Å². The summed E-state index contributed by atoms with van der Waals surface area (Å²) in [6, 6.07) is 20.6. The minimum atomic E-state index is -0.426. The van der Waals surface area contributed by atoms with Crippen molar-refractivity contribution in [2.75, 3.05) is 0 Å². The zero-order valence-corrected chi connectivity index (χ0v) is 17.5. The molecule has 4 rings (SSSR count). The molecule has 4 nitrogen and oxygen atoms in total. The van der Waals surface area contributed by atoms with Crippen LogP contribution in [0.25, 0.3) is 16.6 Å². The fourth-order valence-corrected chi connectivity index (χ4v) is 4.01. The minimum absolute atomic E-state index is 0.0208. The molecular formula is C26H23NO3. The number of benzene rings is 3. The Morgan fingerprint density at radius 1 is 0.867 bits per heavy atom. The SMILES string of the molecule is CC(=O)c1c(C)n(-c2ccc(C)cc2C)c2ccc(OC(=O)c3ccccc3)cc12. The average molecular weight is 397 g/mol. The highest BCUT2D eigenvalue weighted by atomic mass is 16.5. The molecular weight excluding hydrogens is 374 g/mol. The van der Waals surface area contributed by atoms with Crippen molar-refractivity contribution in [3.63, 3.8) is 0 Å². The van der Waals surface area contributed by atoms with Crippen LogP contribution in [-0.2, 0) is 0 Å². The molecule has 0 aliphatic rings. The number of ether oxygens (including phenoxy) is 1. The lowest BCUT2D eigenvalue weighted by atomic mass is 10.1. The summed E-state index contributed by atoms with van der Waals surface area (Å²) in [6.07, 6.45) is 0. The van der Waals surface area contributed by atoms with Gasteiger partial charge in [0.1, 0.15) is 5.75 Å². The summed E-state index contributed by atoms with van der Waals surface area (Å²) in [5.74, 6) is -0.0333. The summed E-state index contributed by atoms with van der Waals surface area (Å²) >= 11 is 0. The fraction of sp³-hybridized carbons (Fsp3) is 0.154. The van der Waals surface area contributed by atoms with E-state index in [0.29, 0.717) is 16.9 Å². The number of ketones is 1. The lowest BCUT2D eigenvalue weighted by Crippen LogP contribution is -2.08. The molecule has 0 aliphatic heterocycles. The second-order valence-corrected chi connectivity index (χ2v) is 7.58. The van der Waals surface area contributed by atoms with Gasteiger partial charge < -0.3 is 9.30 Å². The first-order chi connectivity index (χ1) is 14.4. The van der Waals surface area contributed by atoms with Crippen LogP contribution in [0.1, 0.15) is 44.5 Å². The van der Waals surface area contributed by atoms with E-state index in [1.807, 2.05) is 19.1 Å². The predicted octanol–water partition coefficient (Wildman–Crippen LogP) is 5.98. The summed E-state index contributed by atoms with van der Waals surface area (Å²) in [5, 5.41) is 0.776. The van der Waals surface area contributed by atoms with E-state index in [1.54, 1.807) is 43.3 Å². The van der Waals surface area contributed by atoms with Crippen LogP contribution in [0.2, 0.25) is 0 Å². The maximum atomic E-state index is 12.5. The predicted molar refractivity (Wildman–Crippen MR) is 119 cm³/mol. The Morgan fingerprint density at radius 3 is 2.27 bits per heavy atom. The molecule has 0 saturated heterocycles. The van der Waals surface area contributed by atoms with E-state index in [1.165, 1.54) is 5.56 Å². The molecule has 0 aliphatic carbocycles. The third-order valence-electron chi connectivity index (χ3n) is 5.34. The zero-order chi connectivity index (χ0) is 21.4. The molecule has 0 unspecified atom stereocenters. The van der Waals surface area contributed by atoms with Crippen LogP contribution in [0.4, 0.5) is 0 Å². The van der Waals surface area contributed by atoms with E-state index < -0.39 is 5.97 Å². The van der Waals surface area contributed by atoms with Gasteiger partial charge in [-0.1, -0.05) is 35.9 Å². The summed E-state index contributed by atoms with van der Waals surface area (Å²) in [7, 11) is 0. The van der Waals surface area contributed by atoms with Crippen molar-refractivity contribution in [3.05, 3.63) is 94.7 Å². The Morgan fingerprint density at radius 2 is 1.60 bits per heavy atom. The van der Waals surface area contributed by atoms with Gasteiger partial charge in [-0.15, -0.1) is 0 Å². The highest BCUT2D eigenvalue weighted by molar-refractivity contribution is 6.09. The summed E-state index contributed by atoms with van der Waals surface area (Å²) in [6.45, 7) is 7.64. The van der Waals surface area contributed by atoms with Crippen molar-refractivity contribution in [1.29, 1.82) is 0 Å². The molecule has 0 saturated carbocycles. The van der Waals surface area contributed by atoms with E-state index in [9.17, 15) is 9.59 Å². The standard InChI is InChI=1S/C26H23NO3/c1-16-10-12-23(17(2)14-16)27-18(3)25(19(4)28)22-15-21(11-13-24(22)27)30-26(29)20-8-6-5-7-9-20/h5-15H,1-4H3. The highest BCUT2D eigenvalue weighted by Gasteiger charge is 2.20. The number of hydrogen-bond acceptors (Lipinski definition) is 3. The molecule has 150 valence electrons. The van der Waals surface area contributed by atoms with Crippen molar-refractivity contribution in [1.82, 2.24) is 4.57 Å². The fourth-order valence-electron chi connectivity index (χ4n) is 4.01. The number of fused-ring (bicyclic) bond motifs is 1. The average Bonchev–Trinajstić information content (AvgIpc) is 3.00. The van der Waals surface area contributed by atoms with Gasteiger partial charge >= 0.3 is 5.97 Å². The second kappa shape index (κ2) is 7.64. The number of rotatable bonds is 4. The van der Waals surface area contributed by atoms with Crippen molar-refractivity contribution in [3.8, 4) is 11.4 Å². The van der Waals surface area contributed by atoms with Gasteiger partial charge in [0, 0.05) is 22.3 Å². The van der Waals surface area contributed by atoms with Gasteiger partial charge in [-0.2, -0.15) is 0 Å². The van der Waals surface area contributed by atoms with Gasteiger partial charge in [0.25, 0.3) is 0 Å². The lowest BCUT2D eigenvalue weighted by Gasteiger charge is -2.13. The number of esters is 1. The third kappa shape index (κ3) is 3.41. The quantitative estimate of drug-likeness (QED) is 0.242. The van der Waals surface area contributed by atoms with Gasteiger partial charge in [0.2, 0.25) is 0 Å². The Bertz CT molecular complexity index is 1280. The Kier molecular flexibility index (Phi) is 5.00. The first kappa shape index (κ1) is 19.6. The van der Waals surface area contributed by atoms with Crippen LogP contribution in [-0.4, -0.2) is 16.3 Å². The van der Waals surface area contributed by atoms with E-state index in [0.717, 1.165) is 27.8 Å². The molecule has 0 N–H and O–H groups in total. The van der Waals surface area contributed by atoms with Crippen LogP contribution in [0, 0.1) is 20.8 Å². The van der Waals surface area contributed by atoms with Crippen LogP contribution < -0.4 is 4.74 Å². The molecule has 4 aromatic rings. The normalized spacial score (nSPS) is 10.9. The van der Waals surface area contributed by atoms with Crippen LogP contribution in [0.5, 0.6) is 5.75 Å². The molecule has 1 aromatic heterocycles. The van der Waals surface area contributed by atoms with E-state index >= 15 is 0 Å². The number of carbonyl (C=O) groups excluding carboxylic acids is 2. The number of Topliss-reactive ketones (excluding diaryl/α,β-unsaturated/α-hetero) is 1. The number of carbonyl (C=O) groups is 2. The molecule has 30 heavy (non-hydrogen) atoms. The monoisotopic (exact) mass is 397 g/mol. The van der Waals surface area contributed by atoms with E-state index in [4.69, 9.17) is 4.74 Å². The first-order valence-corrected chi connectivity index (χ1v) is 9.87. The Balaban J connectivity index is 1.85. The Labute approximate surface area is 175 Å². The summed E-state index contributed by atoms with van der Waals surface area (Å²) in [4.78, 5) is 24.9. The lowest BCUT2D eigenvalue weighted by molar-refractivity contribution is 0.0735. The summed E-state index contributed by atoms with van der Waals surface area (Å²) < 4.78 is 7.68. The number of aryl methyl sites for hydroxylation is 2. The van der Waals surface area contributed by atoms with Crippen LogP contribution in [0.15, 0.2) is 66.7 Å². The first-order valence-electron chi connectivity index (χ1n) is 9.87. The van der Waals surface area contributed by atoms with Crippen molar-refractivity contribution in [2.45, 2.75) is 27.7 Å². The molecule has 0 spiro atoms. The minimum Gasteiger partial charge on any atom is -0.423 e. The van der Waals surface area contributed by atoms with E-state index in [-0.39, 0.29) is 5.78 Å². The molecule has 0 amide bonds.